The molecule has 5 saturated heterocycles. The molecule has 54 heteroatoms. The first-order valence-electron chi connectivity index (χ1n) is 37.7. The molecule has 5 fully saturated rings. The highest BCUT2D eigenvalue weighted by molar-refractivity contribution is 14.1. The number of anilines is 2. The molecule has 20 atom stereocenters. The third kappa shape index (κ3) is 19.5. The second-order valence-corrected chi connectivity index (χ2v) is 34.2. The van der Waals surface area contributed by atoms with Crippen molar-refractivity contribution >= 4 is 250 Å². The van der Waals surface area contributed by atoms with Gasteiger partial charge in [0.05, 0.1) is 60.0 Å². The third-order valence-corrected chi connectivity index (χ3v) is 25.0. The number of aromatic nitrogens is 15. The Hall–Kier alpha value is -3.67. The van der Waals surface area contributed by atoms with Crippen LogP contribution in [0.2, 0.25) is 42.8 Å². The van der Waals surface area contributed by atoms with Crippen LogP contribution in [-0.4, -0.2) is 319 Å². The van der Waals surface area contributed by atoms with Gasteiger partial charge in [-0.25, -0.2) is 49.8 Å². The van der Waals surface area contributed by atoms with Crippen LogP contribution in [0, 0.1) is 14.3 Å². The van der Waals surface area contributed by atoms with Gasteiger partial charge in [0, 0.05) is 56.1 Å². The van der Waals surface area contributed by atoms with Crippen molar-refractivity contribution in [3.8, 4) is 0 Å². The average molecular weight is 2230 g/mol. The number of nitrogens with one attached hydrogen (secondary N) is 3. The highest BCUT2D eigenvalue weighted by Gasteiger charge is 2.58. The monoisotopic (exact) mass is 2230 g/mol. The Labute approximate surface area is 758 Å². The molecule has 18 N–H and O–H groups in total. The quantitative estimate of drug-likeness (QED) is 0.0168. The second-order valence-electron chi connectivity index (χ2n) is 27.7. The number of hydrogen-bond acceptors (Lipinski definition) is 36. The smallest absolute Gasteiger partial charge is 0.437 e. The molecule has 0 radical (unpaired) electrons. The standard InChI is InChI=1S/C14H19B2ClIN3O4.C12H17BN4O7.C12H13ClIN3O4.C12H15IN4O5.C8H17B2BrO4.C6H3ClIN3/c1-14(22)10(25-16-3)8(5-23-15-2)24-13(14)21-4-7(18)9-11(17)19-6-20-12(9)21;1-12(20)8(19)6(3-18)24-11(12)17-2-5(13(21)22)7-9(16-23)14-4-15-10(7)17;1-12(20)8(19)6(3-18)21-11(12)17-2-5(14)7-9(13)15-4-16-10(7)17;1-12(20)8(19)6(3-18)22-11(12)17-2-5(13)7-9(16-21)14-4-15-10(7)17;1-8(12)6(15-10-3)5(4-13-9-2)14-7(8)11;7-5-4-3(8)1-9-6(4)11-2-10-5/h4,6,8,10,13,15-16,22H,5H2,1-3H3;2,4,6,8,11,18-23H,3H2,1H3,(H,14,15,16);2,4,6,8,11,18-20H,3H2,1H3;2,4,6,8,11,18-21H,3H2,1H3,(H,14,15,16);5-7,9-10,12H,4H2,1-3H3;1-2H,(H,9,10,11)/t8-,10-,13-,14+;3*6-,8-,11-,12+;5-,6-,7+,8+;/m11111./s1/i15D,16D;;;;9D,10D;. The number of halogens is 8. The van der Waals surface area contributed by atoms with Crippen molar-refractivity contribution in [2.75, 3.05) is 44.0 Å². The molecule has 0 aromatic carbocycles. The number of rotatable bonds is 20. The average Bonchev–Trinajstić information content (AvgIpc) is 1.60. The molecular weight excluding hydrogens is 2140 g/mol. The van der Waals surface area contributed by atoms with Crippen molar-refractivity contribution in [2.24, 2.45) is 0 Å². The van der Waals surface area contributed by atoms with Crippen LogP contribution < -0.4 is 16.4 Å². The Morgan fingerprint density at radius 2 is 0.822 bits per heavy atom. The molecule has 0 aliphatic carbocycles. The van der Waals surface area contributed by atoms with E-state index in [4.69, 9.17) is 87.7 Å². The van der Waals surface area contributed by atoms with Gasteiger partial charge in [-0.1, -0.05) is 78.0 Å². The predicted octanol–water partition coefficient (Wildman–Crippen LogP) is 1.26. The van der Waals surface area contributed by atoms with Gasteiger partial charge in [0.1, 0.15) is 169 Å². The lowest BCUT2D eigenvalue weighted by Gasteiger charge is -2.30. The van der Waals surface area contributed by atoms with Gasteiger partial charge in [-0.05, 0) is 125 Å². The van der Waals surface area contributed by atoms with Crippen LogP contribution >= 0.6 is 141 Å². The van der Waals surface area contributed by atoms with Gasteiger partial charge in [0.25, 0.3) is 29.8 Å². The van der Waals surface area contributed by atoms with Gasteiger partial charge in [0.2, 0.25) is 0 Å². The van der Waals surface area contributed by atoms with Crippen LogP contribution in [0.15, 0.2) is 62.6 Å². The topological polar surface area (TPSA) is 575 Å². The van der Waals surface area contributed by atoms with Crippen molar-refractivity contribution in [3.63, 3.8) is 0 Å². The van der Waals surface area contributed by atoms with E-state index in [1.807, 2.05) is 39.7 Å². The number of fused-ring (bicyclic) bond motifs is 5. The summed E-state index contributed by atoms with van der Waals surface area (Å²) in [6, 6.07) is 0. The molecule has 0 spiro atoms. The summed E-state index contributed by atoms with van der Waals surface area (Å²) >= 11 is 29.8. The Bertz CT molecular complexity index is 5240. The van der Waals surface area contributed by atoms with Gasteiger partial charge in [0.15, 0.2) is 36.5 Å². The van der Waals surface area contributed by atoms with Crippen molar-refractivity contribution < 1.29 is 119 Å². The van der Waals surface area contributed by atoms with Gasteiger partial charge in [-0.2, -0.15) is 0 Å². The molecule has 0 bridgehead atoms. The van der Waals surface area contributed by atoms with Crippen molar-refractivity contribution in [1.29, 1.82) is 5.34 Å². The predicted molar refractivity (Wildman–Crippen MR) is 470 cm³/mol. The van der Waals surface area contributed by atoms with E-state index in [1.165, 1.54) is 56.8 Å². The van der Waals surface area contributed by atoms with Gasteiger partial charge >= 0.3 is 7.12 Å². The molecule has 10 aromatic rings. The minimum atomic E-state index is -1.91. The number of ether oxygens (including phenoxy) is 5. The molecule has 0 amide bonds. The summed E-state index contributed by atoms with van der Waals surface area (Å²) in [6.45, 7) is 12.6. The molecule has 15 heterocycles. The summed E-state index contributed by atoms with van der Waals surface area (Å²) in [7, 11) is -4.93. The van der Waals surface area contributed by atoms with E-state index in [1.54, 1.807) is 73.4 Å². The molecule has 640 valence electrons. The normalized spacial score (nSPS) is 30.7. The third-order valence-electron chi connectivity index (χ3n) is 19.7. The van der Waals surface area contributed by atoms with Gasteiger partial charge < -0.3 is 132 Å². The van der Waals surface area contributed by atoms with Crippen LogP contribution in [0.5, 0.6) is 0 Å². The number of hydrogen-bond donors (Lipinski definition) is 18. The number of aromatic amines is 1. The molecule has 41 nitrogen and oxygen atoms in total. The summed E-state index contributed by atoms with van der Waals surface area (Å²) in [6.07, 6.45) is 1.72. The molecule has 118 heavy (non-hydrogen) atoms. The van der Waals surface area contributed by atoms with E-state index in [0.717, 1.165) is 31.6 Å². The SMILES string of the molecule is C[C@]1(O)[C@H](O)[C@@H](CO)O[C@H]1n1cc(B(O)O)c2c(NO)ncnc21.C[C@]1(O)[C@H](O)[C@@H](CO)O[C@H]1n1cc(I)c2c(Cl)ncnc21.C[C@]1(O)[C@H](O)[C@@H](CO)O[C@H]1n1cc(I)c2c(NO)ncnc21.Clc1ncnc2[nH]cc(I)c12.[2H]B(C)OC[C@H]1O[C@@H](n2cc(I)c3c(Cl)ncnc32)[C@@](C)(O)[C@@H]1OB([2H])C.[2H]B(C)OC[C@H]1O[C@H](Br)[C@@](C)(O)[C@@H]1OB([2H])C. The van der Waals surface area contributed by atoms with Crippen LogP contribution in [-0.2, 0) is 42.3 Å². The minimum Gasteiger partial charge on any atom is -0.437 e. The fourth-order valence-corrected chi connectivity index (χ4v) is 18.6. The van der Waals surface area contributed by atoms with E-state index in [0.29, 0.717) is 48.6 Å². The Kier molecular flexibility index (Phi) is 31.3. The van der Waals surface area contributed by atoms with E-state index >= 15 is 0 Å². The van der Waals surface area contributed by atoms with E-state index in [2.05, 4.69) is 139 Å². The van der Waals surface area contributed by atoms with Crippen LogP contribution in [0.3, 0.4) is 0 Å². The molecule has 5 aliphatic rings. The van der Waals surface area contributed by atoms with Crippen LogP contribution in [0.1, 0.15) is 59.5 Å². The fourth-order valence-electron chi connectivity index (χ4n) is 13.8. The maximum Gasteiger partial charge on any atom is 0.490 e. The number of alkyl halides is 1. The Morgan fingerprint density at radius 1 is 0.483 bits per heavy atom. The maximum absolute atomic E-state index is 11.3. The summed E-state index contributed by atoms with van der Waals surface area (Å²) in [5.74, 6) is 0.156. The zero-order chi connectivity index (χ0) is 90.1. The maximum atomic E-state index is 11.3. The zero-order valence-corrected chi connectivity index (χ0v) is 76.0. The van der Waals surface area contributed by atoms with E-state index in [9.17, 15) is 71.4 Å². The van der Waals surface area contributed by atoms with E-state index < -0.39 is 169 Å². The zero-order valence-electron chi connectivity index (χ0n) is 67.5. The molecule has 0 saturated carbocycles. The molecule has 0 unspecified atom stereocenters. The fraction of sp³-hybridized carbons (Fsp3) is 0.531. The first kappa shape index (κ1) is 90.6. The van der Waals surface area contributed by atoms with E-state index in [-0.39, 0.29) is 48.0 Å². The number of aliphatic hydroxyl groups excluding tert-OH is 6. The van der Waals surface area contributed by atoms with Gasteiger partial charge in [-0.15, -0.1) is 0 Å². The summed E-state index contributed by atoms with van der Waals surface area (Å²) in [4.78, 5) is 43.2. The number of aliphatic hydroxyl groups is 11. The lowest BCUT2D eigenvalue weighted by atomic mass is 9.80. The van der Waals surface area contributed by atoms with Crippen molar-refractivity contribution in [3.05, 3.63) is 92.4 Å². The molecule has 5 aliphatic heterocycles. The number of H-pyrrole nitrogens is 1. The Balaban J connectivity index is 0.000000156. The first-order valence-corrected chi connectivity index (χ1v) is 41.8. The molecular formula is C64H84B5BrCl3I4N17O24. The first-order chi connectivity index (χ1) is 57.3. The Morgan fingerprint density at radius 3 is 1.20 bits per heavy atom. The van der Waals surface area contributed by atoms with Crippen LogP contribution in [0.4, 0.5) is 11.6 Å². The number of nitrogens with zero attached hydrogens (tertiary/aromatic N) is 14. The lowest BCUT2D eigenvalue weighted by Crippen LogP contribution is -2.46. The lowest BCUT2D eigenvalue weighted by molar-refractivity contribution is -0.0948. The van der Waals surface area contributed by atoms with Crippen molar-refractivity contribution in [1.82, 2.24) is 73.1 Å². The van der Waals surface area contributed by atoms with Crippen LogP contribution in [0.25, 0.3) is 55.2 Å². The highest BCUT2D eigenvalue weighted by atomic mass is 127. The summed E-state index contributed by atoms with van der Waals surface area (Å²) in [5, 5.41) is 152. The van der Waals surface area contributed by atoms with Crippen molar-refractivity contribution in [2.45, 2.75) is 181 Å². The molecule has 15 rings (SSSR count). The highest BCUT2D eigenvalue weighted by Crippen LogP contribution is 2.47. The summed E-state index contributed by atoms with van der Waals surface area (Å²) < 4.78 is 89.3. The largest absolute Gasteiger partial charge is 0.490 e. The van der Waals surface area contributed by atoms with Gasteiger partial charge in [-0.3, -0.25) is 21.4 Å². The second kappa shape index (κ2) is 40.8. The minimum absolute atomic E-state index is 0.0384. The summed E-state index contributed by atoms with van der Waals surface area (Å²) in [5.41, 5.74) is -1.50. The molecule has 10 aromatic heterocycles.